The van der Waals surface area contributed by atoms with Gasteiger partial charge in [-0.15, -0.1) is 0 Å². The van der Waals surface area contributed by atoms with Gasteiger partial charge in [-0.25, -0.2) is 0 Å². The first kappa shape index (κ1) is 21.8. The lowest BCUT2D eigenvalue weighted by Gasteiger charge is -2.13. The van der Waals surface area contributed by atoms with Gasteiger partial charge >= 0.3 is 0 Å². The summed E-state index contributed by atoms with van der Waals surface area (Å²) >= 11 is 6.06. The number of rotatable bonds is 6. The van der Waals surface area contributed by atoms with E-state index < -0.39 is 16.7 Å². The Bertz CT molecular complexity index is 1180. The Balaban J connectivity index is 1.79. The molecule has 0 fully saturated rings. The third-order valence-electron chi connectivity index (χ3n) is 4.49. The highest BCUT2D eigenvalue weighted by Gasteiger charge is 2.17. The predicted octanol–water partition coefficient (Wildman–Crippen LogP) is 5.07. The number of aryl methyl sites for hydroxylation is 1. The molecule has 2 N–H and O–H groups in total. The van der Waals surface area contributed by atoms with Crippen LogP contribution in [0.25, 0.3) is 0 Å². The molecule has 0 radical (unpaired) electrons. The van der Waals surface area contributed by atoms with E-state index in [-0.39, 0.29) is 11.3 Å². The molecule has 3 aromatic carbocycles. The molecule has 3 rings (SSSR count). The van der Waals surface area contributed by atoms with Gasteiger partial charge in [0, 0.05) is 28.9 Å². The Hall–Kier alpha value is -3.91. The highest BCUT2D eigenvalue weighted by Crippen LogP contribution is 2.29. The second-order valence-electron chi connectivity index (χ2n) is 6.56. The van der Waals surface area contributed by atoms with E-state index in [1.807, 2.05) is 0 Å². The van der Waals surface area contributed by atoms with Crippen molar-refractivity contribution >= 4 is 40.5 Å². The molecule has 0 bridgehead atoms. The van der Waals surface area contributed by atoms with Crippen LogP contribution in [-0.4, -0.2) is 23.8 Å². The molecule has 3 aromatic rings. The number of nitro benzene ring substituents is 1. The van der Waals surface area contributed by atoms with Crippen LogP contribution in [0.4, 0.5) is 17.1 Å². The van der Waals surface area contributed by atoms with E-state index in [4.69, 9.17) is 16.3 Å². The number of nitro groups is 1. The van der Waals surface area contributed by atoms with Crippen LogP contribution in [0.15, 0.2) is 60.7 Å². The SMILES string of the molecule is COc1cc(NC(=O)c2ccc(C)c([N+](=O)[O-])c2)ccc1NC(=O)c1ccccc1Cl. The molecule has 0 aliphatic heterocycles. The maximum absolute atomic E-state index is 12.5. The van der Waals surface area contributed by atoms with E-state index in [9.17, 15) is 19.7 Å². The fourth-order valence-corrected chi connectivity index (χ4v) is 3.08. The third kappa shape index (κ3) is 4.99. The number of hydrogen-bond donors (Lipinski definition) is 2. The van der Waals surface area contributed by atoms with Crippen LogP contribution in [0.5, 0.6) is 5.75 Å². The quantitative estimate of drug-likeness (QED) is 0.411. The van der Waals surface area contributed by atoms with Gasteiger partial charge in [-0.05, 0) is 37.3 Å². The van der Waals surface area contributed by atoms with E-state index in [0.717, 1.165) is 0 Å². The molecule has 0 saturated carbocycles. The van der Waals surface area contributed by atoms with Gasteiger partial charge in [-0.2, -0.15) is 0 Å². The maximum Gasteiger partial charge on any atom is 0.273 e. The normalized spacial score (nSPS) is 10.3. The lowest BCUT2D eigenvalue weighted by atomic mass is 10.1. The van der Waals surface area contributed by atoms with Crippen molar-refractivity contribution in [3.8, 4) is 5.75 Å². The molecule has 2 amide bonds. The van der Waals surface area contributed by atoms with Crippen molar-refractivity contribution in [1.82, 2.24) is 0 Å². The van der Waals surface area contributed by atoms with E-state index in [2.05, 4.69) is 10.6 Å². The summed E-state index contributed by atoms with van der Waals surface area (Å²) in [5.74, 6) is -0.612. The van der Waals surface area contributed by atoms with Crippen molar-refractivity contribution in [2.24, 2.45) is 0 Å². The maximum atomic E-state index is 12.5. The van der Waals surface area contributed by atoms with Crippen molar-refractivity contribution in [2.45, 2.75) is 6.92 Å². The number of nitrogens with zero attached hydrogens (tertiary/aromatic N) is 1. The number of carbonyl (C=O) groups is 2. The van der Waals surface area contributed by atoms with Gasteiger partial charge < -0.3 is 15.4 Å². The van der Waals surface area contributed by atoms with Crippen molar-refractivity contribution in [3.63, 3.8) is 0 Å². The van der Waals surface area contributed by atoms with Crippen LogP contribution in [0.3, 0.4) is 0 Å². The average Bonchev–Trinajstić information content (AvgIpc) is 2.75. The summed E-state index contributed by atoms with van der Waals surface area (Å²) in [6.45, 7) is 1.60. The minimum absolute atomic E-state index is 0.136. The second kappa shape index (κ2) is 9.27. The molecule has 0 aromatic heterocycles. The number of methoxy groups -OCH3 is 1. The van der Waals surface area contributed by atoms with Gasteiger partial charge in [0.1, 0.15) is 5.75 Å². The number of ether oxygens (including phenoxy) is 1. The first-order valence-corrected chi connectivity index (χ1v) is 9.48. The molecule has 0 aliphatic carbocycles. The van der Waals surface area contributed by atoms with Crippen molar-refractivity contribution in [3.05, 3.63) is 92.5 Å². The number of hydrogen-bond acceptors (Lipinski definition) is 5. The molecule has 8 nitrogen and oxygen atoms in total. The summed E-state index contributed by atoms with van der Waals surface area (Å²) < 4.78 is 5.32. The number of anilines is 2. The third-order valence-corrected chi connectivity index (χ3v) is 4.82. The molecule has 158 valence electrons. The first-order valence-electron chi connectivity index (χ1n) is 9.10. The van der Waals surface area contributed by atoms with Crippen molar-refractivity contribution in [1.29, 1.82) is 0 Å². The van der Waals surface area contributed by atoms with Gasteiger partial charge in [0.05, 0.1) is 28.3 Å². The van der Waals surface area contributed by atoms with E-state index in [1.54, 1.807) is 43.3 Å². The van der Waals surface area contributed by atoms with Gasteiger partial charge in [-0.1, -0.05) is 29.8 Å². The molecule has 0 unspecified atom stereocenters. The summed E-state index contributed by atoms with van der Waals surface area (Å²) in [5.41, 5.74) is 1.55. The second-order valence-corrected chi connectivity index (χ2v) is 6.97. The summed E-state index contributed by atoms with van der Waals surface area (Å²) in [5, 5.41) is 16.8. The highest BCUT2D eigenvalue weighted by atomic mass is 35.5. The summed E-state index contributed by atoms with van der Waals surface area (Å²) in [6, 6.07) is 15.6. The van der Waals surface area contributed by atoms with Crippen LogP contribution < -0.4 is 15.4 Å². The summed E-state index contributed by atoms with van der Waals surface area (Å²) in [7, 11) is 1.43. The fraction of sp³-hybridized carbons (Fsp3) is 0.0909. The van der Waals surface area contributed by atoms with Gasteiger partial charge in [-0.3, -0.25) is 19.7 Å². The average molecular weight is 440 g/mol. The van der Waals surface area contributed by atoms with Crippen LogP contribution in [0.1, 0.15) is 26.3 Å². The molecule has 0 heterocycles. The first-order chi connectivity index (χ1) is 14.8. The zero-order valence-electron chi connectivity index (χ0n) is 16.6. The molecule has 0 aliphatic rings. The lowest BCUT2D eigenvalue weighted by Crippen LogP contribution is -2.14. The molecule has 0 spiro atoms. The smallest absolute Gasteiger partial charge is 0.273 e. The highest BCUT2D eigenvalue weighted by molar-refractivity contribution is 6.34. The Morgan fingerprint density at radius 2 is 1.74 bits per heavy atom. The number of amides is 2. The summed E-state index contributed by atoms with van der Waals surface area (Å²) in [6.07, 6.45) is 0. The molecular weight excluding hydrogens is 422 g/mol. The standard InChI is InChI=1S/C22H18ClN3O5/c1-13-7-8-14(11-19(13)26(29)30)21(27)24-15-9-10-18(20(12-15)31-2)25-22(28)16-5-3-4-6-17(16)23/h3-12H,1-2H3,(H,24,27)(H,25,28). The lowest BCUT2D eigenvalue weighted by molar-refractivity contribution is -0.385. The molecule has 0 atom stereocenters. The van der Waals surface area contributed by atoms with E-state index >= 15 is 0 Å². The Morgan fingerprint density at radius 3 is 2.42 bits per heavy atom. The minimum atomic E-state index is -0.536. The minimum Gasteiger partial charge on any atom is -0.494 e. The van der Waals surface area contributed by atoms with Crippen LogP contribution >= 0.6 is 11.6 Å². The number of benzene rings is 3. The zero-order valence-corrected chi connectivity index (χ0v) is 17.4. The Kier molecular flexibility index (Phi) is 6.52. The van der Waals surface area contributed by atoms with E-state index in [1.165, 1.54) is 31.4 Å². The fourth-order valence-electron chi connectivity index (χ4n) is 2.86. The number of halogens is 1. The van der Waals surface area contributed by atoms with E-state index in [0.29, 0.717) is 33.3 Å². The van der Waals surface area contributed by atoms with Gasteiger partial charge in [0.25, 0.3) is 17.5 Å². The van der Waals surface area contributed by atoms with Crippen molar-refractivity contribution < 1.29 is 19.2 Å². The molecule has 0 saturated heterocycles. The molecule has 31 heavy (non-hydrogen) atoms. The Morgan fingerprint density at radius 1 is 1.00 bits per heavy atom. The van der Waals surface area contributed by atoms with Crippen LogP contribution in [-0.2, 0) is 0 Å². The predicted molar refractivity (Wildman–Crippen MR) is 118 cm³/mol. The monoisotopic (exact) mass is 439 g/mol. The Labute approximate surface area is 182 Å². The van der Waals surface area contributed by atoms with Crippen LogP contribution in [0, 0.1) is 17.0 Å². The zero-order chi connectivity index (χ0) is 22.5. The summed E-state index contributed by atoms with van der Waals surface area (Å²) in [4.78, 5) is 35.6. The molecular formula is C22H18ClN3O5. The van der Waals surface area contributed by atoms with Gasteiger partial charge in [0.15, 0.2) is 0 Å². The number of nitrogens with one attached hydrogen (secondary N) is 2. The topological polar surface area (TPSA) is 111 Å². The molecule has 9 heteroatoms. The largest absolute Gasteiger partial charge is 0.494 e. The van der Waals surface area contributed by atoms with Crippen molar-refractivity contribution in [2.75, 3.05) is 17.7 Å². The van der Waals surface area contributed by atoms with Gasteiger partial charge in [0.2, 0.25) is 0 Å². The van der Waals surface area contributed by atoms with Crippen LogP contribution in [0.2, 0.25) is 5.02 Å². The number of carbonyl (C=O) groups excluding carboxylic acids is 2.